The highest BCUT2D eigenvalue weighted by Gasteiger charge is 2.37. The van der Waals surface area contributed by atoms with Crippen LogP contribution in [0.4, 0.5) is 0 Å². The zero-order chi connectivity index (χ0) is 22.5. The molecule has 0 saturated heterocycles. The zero-order valence-electron chi connectivity index (χ0n) is 18.7. The van der Waals surface area contributed by atoms with E-state index in [2.05, 4.69) is 30.3 Å². The Bertz CT molecular complexity index is 1080. The lowest BCUT2D eigenvalue weighted by Gasteiger charge is -2.38. The second kappa shape index (κ2) is 10.2. The molecule has 0 aliphatic carbocycles. The van der Waals surface area contributed by atoms with Gasteiger partial charge >= 0.3 is 0 Å². The SMILES string of the molecule is COc1ccc2c(c1)CC1=C[C@H](OCc3ccccc3)[C@@H](COCc3ccccc3)O[C@@H]1O2. The highest BCUT2D eigenvalue weighted by molar-refractivity contribution is 5.45. The molecule has 170 valence electrons. The topological polar surface area (TPSA) is 46.2 Å². The van der Waals surface area contributed by atoms with Crippen molar-refractivity contribution in [3.63, 3.8) is 0 Å². The number of methoxy groups -OCH3 is 1. The van der Waals surface area contributed by atoms with Gasteiger partial charge in [-0.1, -0.05) is 60.7 Å². The van der Waals surface area contributed by atoms with Crippen LogP contribution in [0.3, 0.4) is 0 Å². The molecule has 0 amide bonds. The molecule has 0 bridgehead atoms. The van der Waals surface area contributed by atoms with Crippen LogP contribution in [-0.4, -0.2) is 32.2 Å². The summed E-state index contributed by atoms with van der Waals surface area (Å²) in [7, 11) is 1.67. The van der Waals surface area contributed by atoms with Crippen molar-refractivity contribution in [3.8, 4) is 11.5 Å². The van der Waals surface area contributed by atoms with Gasteiger partial charge in [-0.05, 0) is 35.4 Å². The van der Waals surface area contributed by atoms with E-state index in [9.17, 15) is 0 Å². The van der Waals surface area contributed by atoms with E-state index in [1.807, 2.05) is 54.6 Å². The van der Waals surface area contributed by atoms with Gasteiger partial charge in [0.1, 0.15) is 23.7 Å². The first-order valence-corrected chi connectivity index (χ1v) is 11.3. The van der Waals surface area contributed by atoms with Gasteiger partial charge in [-0.3, -0.25) is 0 Å². The molecule has 3 aromatic rings. The Hall–Kier alpha value is -3.12. The first kappa shape index (κ1) is 21.7. The largest absolute Gasteiger partial charge is 0.497 e. The summed E-state index contributed by atoms with van der Waals surface area (Å²) < 4.78 is 30.2. The quantitative estimate of drug-likeness (QED) is 0.453. The lowest BCUT2D eigenvalue weighted by atomic mass is 9.96. The van der Waals surface area contributed by atoms with Crippen molar-refractivity contribution in [1.82, 2.24) is 0 Å². The minimum Gasteiger partial charge on any atom is -0.497 e. The van der Waals surface area contributed by atoms with E-state index in [1.54, 1.807) is 7.11 Å². The highest BCUT2D eigenvalue weighted by Crippen LogP contribution is 2.37. The van der Waals surface area contributed by atoms with Gasteiger partial charge in [-0.15, -0.1) is 0 Å². The van der Waals surface area contributed by atoms with E-state index in [1.165, 1.54) is 0 Å². The average molecular weight is 445 g/mol. The third kappa shape index (κ3) is 5.28. The standard InChI is InChI=1S/C28H28O5/c1-29-24-12-13-25-22(15-24)14-23-16-26(31-18-21-10-6-3-7-11-21)27(33-28(23)32-25)19-30-17-20-8-4-2-5-9-20/h2-13,15-16,26-28H,14,17-19H2,1H3/t26-,27+,28-/m0/s1. The lowest BCUT2D eigenvalue weighted by molar-refractivity contribution is -0.173. The van der Waals surface area contributed by atoms with Crippen molar-refractivity contribution in [3.05, 3.63) is 107 Å². The fraction of sp³-hybridized carbons (Fsp3) is 0.286. The van der Waals surface area contributed by atoms with Gasteiger partial charge in [0.15, 0.2) is 0 Å². The Morgan fingerprint density at radius 3 is 2.33 bits per heavy atom. The van der Waals surface area contributed by atoms with Gasteiger partial charge in [-0.25, -0.2) is 0 Å². The minimum absolute atomic E-state index is 0.233. The molecule has 2 aliphatic heterocycles. The van der Waals surface area contributed by atoms with E-state index in [0.29, 0.717) is 19.8 Å². The molecule has 0 N–H and O–H groups in total. The molecule has 3 aromatic carbocycles. The first-order valence-electron chi connectivity index (χ1n) is 11.3. The maximum Gasteiger partial charge on any atom is 0.223 e. The summed E-state index contributed by atoms with van der Waals surface area (Å²) in [5, 5.41) is 0. The van der Waals surface area contributed by atoms with Crippen LogP contribution in [0.25, 0.3) is 0 Å². The lowest BCUT2D eigenvalue weighted by Crippen LogP contribution is -2.45. The van der Waals surface area contributed by atoms with Crippen LogP contribution in [0, 0.1) is 0 Å². The molecule has 5 nitrogen and oxygen atoms in total. The van der Waals surface area contributed by atoms with Crippen molar-refractivity contribution in [2.45, 2.75) is 38.1 Å². The van der Waals surface area contributed by atoms with Gasteiger partial charge < -0.3 is 23.7 Å². The molecule has 0 radical (unpaired) electrons. The fourth-order valence-electron chi connectivity index (χ4n) is 4.16. The van der Waals surface area contributed by atoms with Crippen LogP contribution < -0.4 is 9.47 Å². The average Bonchev–Trinajstić information content (AvgIpc) is 2.87. The fourth-order valence-corrected chi connectivity index (χ4v) is 4.16. The number of benzene rings is 3. The number of ether oxygens (including phenoxy) is 5. The Balaban J connectivity index is 1.31. The number of hydrogen-bond acceptors (Lipinski definition) is 5. The van der Waals surface area contributed by atoms with Crippen molar-refractivity contribution < 1.29 is 23.7 Å². The molecule has 0 saturated carbocycles. The van der Waals surface area contributed by atoms with E-state index in [-0.39, 0.29) is 12.2 Å². The van der Waals surface area contributed by atoms with E-state index < -0.39 is 6.29 Å². The summed E-state index contributed by atoms with van der Waals surface area (Å²) in [6.45, 7) is 1.44. The number of hydrogen-bond donors (Lipinski definition) is 0. The van der Waals surface area contributed by atoms with Gasteiger partial charge in [-0.2, -0.15) is 0 Å². The minimum atomic E-state index is -0.437. The smallest absolute Gasteiger partial charge is 0.223 e. The van der Waals surface area contributed by atoms with Gasteiger partial charge in [0.25, 0.3) is 0 Å². The third-order valence-corrected chi connectivity index (χ3v) is 5.92. The van der Waals surface area contributed by atoms with Crippen LogP contribution in [0.5, 0.6) is 11.5 Å². The molecule has 0 fully saturated rings. The Morgan fingerprint density at radius 2 is 1.61 bits per heavy atom. The predicted molar refractivity (Wildman–Crippen MR) is 125 cm³/mol. The Labute approximate surface area is 194 Å². The summed E-state index contributed by atoms with van der Waals surface area (Å²) in [5.41, 5.74) is 4.40. The summed E-state index contributed by atoms with van der Waals surface area (Å²) in [6, 6.07) is 26.2. The second-order valence-corrected chi connectivity index (χ2v) is 8.28. The predicted octanol–water partition coefficient (Wildman–Crippen LogP) is 5.08. The highest BCUT2D eigenvalue weighted by atomic mass is 16.7. The monoisotopic (exact) mass is 444 g/mol. The summed E-state index contributed by atoms with van der Waals surface area (Å²) >= 11 is 0. The normalized spacial score (nSPS) is 21.4. The van der Waals surface area contributed by atoms with E-state index in [0.717, 1.165) is 40.2 Å². The molecular weight excluding hydrogens is 416 g/mol. The van der Waals surface area contributed by atoms with Crippen molar-refractivity contribution >= 4 is 0 Å². The summed E-state index contributed by atoms with van der Waals surface area (Å²) in [5.74, 6) is 1.64. The van der Waals surface area contributed by atoms with Gasteiger partial charge in [0.05, 0.1) is 26.9 Å². The van der Waals surface area contributed by atoms with Crippen molar-refractivity contribution in [1.29, 1.82) is 0 Å². The third-order valence-electron chi connectivity index (χ3n) is 5.92. The van der Waals surface area contributed by atoms with Crippen LogP contribution in [0.2, 0.25) is 0 Å². The Morgan fingerprint density at radius 1 is 0.879 bits per heavy atom. The van der Waals surface area contributed by atoms with Crippen LogP contribution in [0.15, 0.2) is 90.5 Å². The van der Waals surface area contributed by atoms with E-state index >= 15 is 0 Å². The molecule has 0 unspecified atom stereocenters. The molecule has 0 spiro atoms. The molecule has 3 atom stereocenters. The van der Waals surface area contributed by atoms with Crippen LogP contribution in [-0.2, 0) is 33.8 Å². The summed E-state index contributed by atoms with van der Waals surface area (Å²) in [6.07, 6.45) is 1.94. The van der Waals surface area contributed by atoms with E-state index in [4.69, 9.17) is 23.7 Å². The van der Waals surface area contributed by atoms with Gasteiger partial charge in [0, 0.05) is 17.6 Å². The molecule has 0 aromatic heterocycles. The van der Waals surface area contributed by atoms with Crippen molar-refractivity contribution in [2.75, 3.05) is 13.7 Å². The molecule has 2 heterocycles. The second-order valence-electron chi connectivity index (χ2n) is 8.28. The maximum atomic E-state index is 6.37. The van der Waals surface area contributed by atoms with Crippen molar-refractivity contribution in [2.24, 2.45) is 0 Å². The molecule has 5 heteroatoms. The first-order chi connectivity index (χ1) is 16.3. The molecule has 33 heavy (non-hydrogen) atoms. The number of rotatable bonds is 8. The summed E-state index contributed by atoms with van der Waals surface area (Å²) in [4.78, 5) is 0. The van der Waals surface area contributed by atoms with Crippen LogP contribution in [0.1, 0.15) is 16.7 Å². The molecule has 2 aliphatic rings. The Kier molecular flexibility index (Phi) is 6.72. The number of fused-ring (bicyclic) bond motifs is 2. The van der Waals surface area contributed by atoms with Gasteiger partial charge in [0.2, 0.25) is 6.29 Å². The molecular formula is C28H28O5. The molecule has 5 rings (SSSR count). The maximum absolute atomic E-state index is 6.37. The zero-order valence-corrected chi connectivity index (χ0v) is 18.7. The van der Waals surface area contributed by atoms with Crippen LogP contribution >= 0.6 is 0 Å².